The summed E-state index contributed by atoms with van der Waals surface area (Å²) in [6, 6.07) is 13.1. The molecular formula is C27H30N2O4S. The van der Waals surface area contributed by atoms with Crippen molar-refractivity contribution in [2.45, 2.75) is 20.5 Å². The number of rotatable bonds is 10. The molecule has 2 aromatic heterocycles. The van der Waals surface area contributed by atoms with Crippen LogP contribution >= 0.6 is 11.9 Å². The van der Waals surface area contributed by atoms with Crippen molar-refractivity contribution in [1.29, 1.82) is 0 Å². The van der Waals surface area contributed by atoms with Crippen LogP contribution < -0.4 is 14.2 Å². The van der Waals surface area contributed by atoms with Crippen LogP contribution in [0.3, 0.4) is 0 Å². The van der Waals surface area contributed by atoms with E-state index in [1.54, 1.807) is 31.3 Å². The number of furan rings is 1. The third-order valence-corrected chi connectivity index (χ3v) is 5.68. The first-order chi connectivity index (χ1) is 16.4. The second-order valence-electron chi connectivity index (χ2n) is 7.01. The molecular weight excluding hydrogens is 448 g/mol. The minimum Gasteiger partial charge on any atom is -0.495 e. The van der Waals surface area contributed by atoms with Gasteiger partial charge in [-0.2, -0.15) is 0 Å². The van der Waals surface area contributed by atoms with E-state index < -0.39 is 0 Å². The number of pyridine rings is 1. The smallest absolute Gasteiger partial charge is 0.185 e. The van der Waals surface area contributed by atoms with Gasteiger partial charge < -0.3 is 13.9 Å². The van der Waals surface area contributed by atoms with E-state index in [2.05, 4.69) is 22.9 Å². The van der Waals surface area contributed by atoms with Crippen LogP contribution in [-0.2, 0) is 6.61 Å². The largest absolute Gasteiger partial charge is 0.495 e. The summed E-state index contributed by atoms with van der Waals surface area (Å²) in [5.74, 6) is 2.47. The van der Waals surface area contributed by atoms with E-state index >= 15 is 0 Å². The van der Waals surface area contributed by atoms with Gasteiger partial charge >= 0.3 is 0 Å². The first kappa shape index (κ1) is 26.7. The summed E-state index contributed by atoms with van der Waals surface area (Å²) in [6.07, 6.45) is 6.01. The molecule has 6 nitrogen and oxygen atoms in total. The third kappa shape index (κ3) is 7.79. The van der Waals surface area contributed by atoms with E-state index in [1.807, 2.05) is 69.4 Å². The Morgan fingerprint density at radius 3 is 2.35 bits per heavy atom. The van der Waals surface area contributed by atoms with E-state index in [4.69, 9.17) is 13.9 Å². The van der Waals surface area contributed by atoms with Gasteiger partial charge in [-0.05, 0) is 80.9 Å². The molecule has 3 aromatic rings. The van der Waals surface area contributed by atoms with Crippen molar-refractivity contribution in [2.75, 3.05) is 14.2 Å². The normalized spacial score (nSPS) is 10.9. The lowest BCUT2D eigenvalue weighted by molar-refractivity contribution is 0.109. The second kappa shape index (κ2) is 13.9. The summed E-state index contributed by atoms with van der Waals surface area (Å²) in [6.45, 7) is 11.5. The lowest BCUT2D eigenvalue weighted by Gasteiger charge is -2.07. The lowest BCUT2D eigenvalue weighted by atomic mass is 10.1. The number of carbonyl (C=O) groups is 1. The molecule has 1 N–H and O–H groups in total. The predicted octanol–water partition coefficient (Wildman–Crippen LogP) is 6.55. The summed E-state index contributed by atoms with van der Waals surface area (Å²) in [5.41, 5.74) is 3.86. The SMILES string of the molecule is C=C/C(C)=C(\C=C)SNC.COc1ccc(-c2ccc(OCc3cc(C=O)oc3C)cc2)nc1. The highest BCUT2D eigenvalue weighted by molar-refractivity contribution is 8.01. The number of aldehydes is 1. The number of nitrogens with one attached hydrogen (secondary N) is 1. The molecule has 0 unspecified atom stereocenters. The number of ether oxygens (including phenoxy) is 2. The van der Waals surface area contributed by atoms with Gasteiger partial charge in [-0.1, -0.05) is 25.3 Å². The third-order valence-electron chi connectivity index (χ3n) is 4.76. The van der Waals surface area contributed by atoms with Gasteiger partial charge in [0, 0.05) is 16.0 Å². The van der Waals surface area contributed by atoms with Crippen LogP contribution in [0.1, 0.15) is 28.8 Å². The van der Waals surface area contributed by atoms with Crippen LogP contribution in [-0.4, -0.2) is 25.4 Å². The van der Waals surface area contributed by atoms with Crippen LogP contribution in [0.4, 0.5) is 0 Å². The van der Waals surface area contributed by atoms with E-state index in [1.165, 1.54) is 0 Å². The van der Waals surface area contributed by atoms with Crippen LogP contribution in [0.2, 0.25) is 0 Å². The van der Waals surface area contributed by atoms with E-state index in [0.717, 1.165) is 38.8 Å². The second-order valence-corrected chi connectivity index (χ2v) is 8.06. The van der Waals surface area contributed by atoms with Gasteiger partial charge in [0.15, 0.2) is 12.0 Å². The van der Waals surface area contributed by atoms with E-state index in [9.17, 15) is 4.79 Å². The van der Waals surface area contributed by atoms with Crippen molar-refractivity contribution in [1.82, 2.24) is 9.71 Å². The molecule has 2 heterocycles. The number of nitrogens with zero attached hydrogens (tertiary/aromatic N) is 1. The summed E-state index contributed by atoms with van der Waals surface area (Å²) >= 11 is 1.55. The minimum atomic E-state index is 0.312. The fourth-order valence-electron chi connectivity index (χ4n) is 2.80. The van der Waals surface area contributed by atoms with Gasteiger partial charge in [-0.15, -0.1) is 0 Å². The number of aromatic nitrogens is 1. The maximum Gasteiger partial charge on any atom is 0.185 e. The Morgan fingerprint density at radius 2 is 1.85 bits per heavy atom. The van der Waals surface area contributed by atoms with Gasteiger partial charge in [0.1, 0.15) is 23.9 Å². The Balaban J connectivity index is 0.000000347. The molecule has 0 atom stereocenters. The van der Waals surface area contributed by atoms with Crippen LogP contribution in [0.25, 0.3) is 11.3 Å². The van der Waals surface area contributed by atoms with Crippen molar-refractivity contribution in [3.8, 4) is 22.8 Å². The van der Waals surface area contributed by atoms with Crippen LogP contribution in [0.15, 0.2) is 88.9 Å². The lowest BCUT2D eigenvalue weighted by Crippen LogP contribution is -1.95. The predicted molar refractivity (Wildman–Crippen MR) is 139 cm³/mol. The number of benzene rings is 1. The Kier molecular flexibility index (Phi) is 10.9. The van der Waals surface area contributed by atoms with Crippen molar-refractivity contribution in [3.05, 3.63) is 102 Å². The van der Waals surface area contributed by atoms with Gasteiger partial charge in [-0.3, -0.25) is 14.5 Å². The fraction of sp³-hybridized carbons (Fsp3) is 0.185. The zero-order valence-electron chi connectivity index (χ0n) is 20.0. The summed E-state index contributed by atoms with van der Waals surface area (Å²) in [4.78, 5) is 16.2. The fourth-order valence-corrected chi connectivity index (χ4v) is 3.34. The van der Waals surface area contributed by atoms with E-state index in [0.29, 0.717) is 24.4 Å². The maximum absolute atomic E-state index is 10.7. The quantitative estimate of drug-likeness (QED) is 0.201. The molecule has 1 aromatic carbocycles. The molecule has 3 rings (SSSR count). The molecule has 34 heavy (non-hydrogen) atoms. The van der Waals surface area contributed by atoms with Crippen molar-refractivity contribution in [2.24, 2.45) is 0 Å². The number of methoxy groups -OCH3 is 1. The highest BCUT2D eigenvalue weighted by Gasteiger charge is 2.08. The summed E-state index contributed by atoms with van der Waals surface area (Å²) in [5, 5.41) is 0. The van der Waals surface area contributed by atoms with Crippen LogP contribution in [0, 0.1) is 6.92 Å². The Bertz CT molecular complexity index is 1120. The Hall–Kier alpha value is -3.55. The highest BCUT2D eigenvalue weighted by Crippen LogP contribution is 2.23. The van der Waals surface area contributed by atoms with Gasteiger partial charge in [0.2, 0.25) is 0 Å². The number of carbonyl (C=O) groups excluding carboxylic acids is 1. The first-order valence-corrected chi connectivity index (χ1v) is 11.3. The molecule has 7 heteroatoms. The summed E-state index contributed by atoms with van der Waals surface area (Å²) < 4.78 is 19.1. The Labute approximate surface area is 205 Å². The molecule has 0 spiro atoms. The average molecular weight is 479 g/mol. The zero-order valence-corrected chi connectivity index (χ0v) is 20.8. The monoisotopic (exact) mass is 478 g/mol. The average Bonchev–Trinajstić information content (AvgIpc) is 3.25. The van der Waals surface area contributed by atoms with Crippen molar-refractivity contribution in [3.63, 3.8) is 0 Å². The van der Waals surface area contributed by atoms with Gasteiger partial charge in [-0.25, -0.2) is 0 Å². The molecule has 178 valence electrons. The van der Waals surface area contributed by atoms with Crippen molar-refractivity contribution < 1.29 is 18.7 Å². The zero-order chi connectivity index (χ0) is 24.9. The molecule has 0 amide bonds. The van der Waals surface area contributed by atoms with Gasteiger partial charge in [0.25, 0.3) is 0 Å². The summed E-state index contributed by atoms with van der Waals surface area (Å²) in [7, 11) is 3.49. The number of allylic oxidation sites excluding steroid dienone is 3. The molecule has 0 radical (unpaired) electrons. The van der Waals surface area contributed by atoms with Gasteiger partial charge in [0.05, 0.1) is 19.0 Å². The number of aryl methyl sites for hydroxylation is 1. The molecule has 0 aliphatic carbocycles. The first-order valence-electron chi connectivity index (χ1n) is 10.5. The molecule has 0 bridgehead atoms. The standard InChI is InChI=1S/C19H17NO4.C8H13NS/c1-13-15(9-18(11-21)24-13)12-23-16-5-3-14(4-6-16)19-8-7-17(22-2)10-20-19;1-5-7(3)8(6-2)10-9-4/h3-11H,12H2,1-2H3;5-6,9H,1-2H2,3-4H3/b;8-7+. The number of hydrogen-bond donors (Lipinski definition) is 1. The molecule has 0 saturated heterocycles. The number of hydrogen-bond acceptors (Lipinski definition) is 7. The molecule has 0 aliphatic heterocycles. The Morgan fingerprint density at radius 1 is 1.15 bits per heavy atom. The van der Waals surface area contributed by atoms with Crippen molar-refractivity contribution >= 4 is 18.2 Å². The minimum absolute atomic E-state index is 0.312. The highest BCUT2D eigenvalue weighted by atomic mass is 32.2. The van der Waals surface area contributed by atoms with E-state index in [-0.39, 0.29) is 0 Å². The van der Waals surface area contributed by atoms with Crippen LogP contribution in [0.5, 0.6) is 11.5 Å². The molecule has 0 aliphatic rings. The maximum atomic E-state index is 10.7. The molecule has 0 fully saturated rings. The molecule has 0 saturated carbocycles. The topological polar surface area (TPSA) is 73.6 Å².